The van der Waals surface area contributed by atoms with E-state index in [4.69, 9.17) is 0 Å². The van der Waals surface area contributed by atoms with Crippen LogP contribution < -0.4 is 4.90 Å². The minimum atomic E-state index is -0.350. The summed E-state index contributed by atoms with van der Waals surface area (Å²) in [5.74, 6) is 0.932. The van der Waals surface area contributed by atoms with Gasteiger partial charge in [-0.3, -0.25) is 4.68 Å². The second-order valence-corrected chi connectivity index (χ2v) is 4.58. The van der Waals surface area contributed by atoms with Crippen LogP contribution in [-0.2, 0) is 13.6 Å². The second-order valence-electron chi connectivity index (χ2n) is 4.58. The van der Waals surface area contributed by atoms with E-state index in [9.17, 15) is 5.11 Å². The van der Waals surface area contributed by atoms with Crippen LogP contribution in [0.4, 0.5) is 5.69 Å². The van der Waals surface area contributed by atoms with E-state index in [1.165, 1.54) is 0 Å². The predicted molar refractivity (Wildman–Crippen MR) is 68.1 cm³/mol. The molecule has 0 saturated heterocycles. The highest BCUT2D eigenvalue weighted by atomic mass is 16.3. The highest BCUT2D eigenvalue weighted by Gasteiger charge is 2.23. The van der Waals surface area contributed by atoms with Crippen molar-refractivity contribution < 1.29 is 5.11 Å². The van der Waals surface area contributed by atoms with E-state index < -0.39 is 0 Å². The number of hydrogen-bond donors (Lipinski definition) is 1. The highest BCUT2D eigenvalue weighted by molar-refractivity contribution is 5.56. The molecule has 1 aromatic carbocycles. The Morgan fingerprint density at radius 3 is 3.00 bits per heavy atom. The molecule has 0 radical (unpaired) electrons. The highest BCUT2D eigenvalue weighted by Crippen LogP contribution is 2.33. The molecule has 1 unspecified atom stereocenters. The standard InChI is InChI=1S/C13H16N4O/c1-16-13(14-9-15-16)8-17-7-6-12(18)10-4-2-3-5-11(10)17/h2-5,9,12,18H,6-8H2,1H3. The molecule has 1 aliphatic rings. The molecule has 5 heteroatoms. The third kappa shape index (κ3) is 1.86. The Kier molecular flexibility index (Phi) is 2.76. The van der Waals surface area contributed by atoms with Gasteiger partial charge in [-0.15, -0.1) is 0 Å². The molecule has 1 atom stereocenters. The summed E-state index contributed by atoms with van der Waals surface area (Å²) in [6, 6.07) is 8.01. The first-order valence-electron chi connectivity index (χ1n) is 6.10. The number of hydrogen-bond acceptors (Lipinski definition) is 4. The first-order chi connectivity index (χ1) is 8.75. The van der Waals surface area contributed by atoms with Crippen molar-refractivity contribution in [3.63, 3.8) is 0 Å². The fourth-order valence-electron chi connectivity index (χ4n) is 2.41. The summed E-state index contributed by atoms with van der Waals surface area (Å²) < 4.78 is 1.79. The van der Waals surface area contributed by atoms with Crippen LogP contribution >= 0.6 is 0 Å². The fraction of sp³-hybridized carbons (Fsp3) is 0.385. The number of anilines is 1. The van der Waals surface area contributed by atoms with Gasteiger partial charge in [0.2, 0.25) is 0 Å². The number of fused-ring (bicyclic) bond motifs is 1. The fourth-order valence-corrected chi connectivity index (χ4v) is 2.41. The summed E-state index contributed by atoms with van der Waals surface area (Å²) in [4.78, 5) is 6.49. The second kappa shape index (κ2) is 4.42. The quantitative estimate of drug-likeness (QED) is 0.864. The zero-order chi connectivity index (χ0) is 12.5. The van der Waals surface area contributed by atoms with Gasteiger partial charge in [-0.1, -0.05) is 18.2 Å². The minimum absolute atomic E-state index is 0.350. The van der Waals surface area contributed by atoms with Crippen molar-refractivity contribution >= 4 is 5.69 Å². The molecule has 1 aliphatic heterocycles. The number of benzene rings is 1. The van der Waals surface area contributed by atoms with E-state index in [-0.39, 0.29) is 6.10 Å². The maximum absolute atomic E-state index is 10.00. The third-order valence-corrected chi connectivity index (χ3v) is 3.45. The molecule has 2 aromatic rings. The number of para-hydroxylation sites is 1. The van der Waals surface area contributed by atoms with Crippen LogP contribution in [0.25, 0.3) is 0 Å². The van der Waals surface area contributed by atoms with Crippen molar-refractivity contribution in [2.24, 2.45) is 7.05 Å². The van der Waals surface area contributed by atoms with Gasteiger partial charge in [0, 0.05) is 24.8 Å². The van der Waals surface area contributed by atoms with Gasteiger partial charge in [0.05, 0.1) is 12.6 Å². The molecule has 0 amide bonds. The van der Waals surface area contributed by atoms with Crippen molar-refractivity contribution in [1.82, 2.24) is 14.8 Å². The lowest BCUT2D eigenvalue weighted by Gasteiger charge is -2.33. The summed E-state index contributed by atoms with van der Waals surface area (Å²) in [7, 11) is 1.90. The summed E-state index contributed by atoms with van der Waals surface area (Å²) in [5.41, 5.74) is 2.10. The topological polar surface area (TPSA) is 54.2 Å². The third-order valence-electron chi connectivity index (χ3n) is 3.45. The summed E-state index contributed by atoms with van der Waals surface area (Å²) >= 11 is 0. The van der Waals surface area contributed by atoms with Gasteiger partial charge in [-0.05, 0) is 12.5 Å². The number of aliphatic hydroxyl groups is 1. The van der Waals surface area contributed by atoms with E-state index in [2.05, 4.69) is 15.0 Å². The largest absolute Gasteiger partial charge is 0.388 e. The average molecular weight is 244 g/mol. The molecule has 0 spiro atoms. The van der Waals surface area contributed by atoms with Gasteiger partial charge < -0.3 is 10.0 Å². The van der Waals surface area contributed by atoms with Crippen molar-refractivity contribution in [2.75, 3.05) is 11.4 Å². The maximum Gasteiger partial charge on any atom is 0.146 e. The summed E-state index contributed by atoms with van der Waals surface area (Å²) in [6.07, 6.45) is 1.98. The lowest BCUT2D eigenvalue weighted by molar-refractivity contribution is 0.164. The van der Waals surface area contributed by atoms with E-state index in [1.54, 1.807) is 11.0 Å². The molecule has 18 heavy (non-hydrogen) atoms. The van der Waals surface area contributed by atoms with E-state index >= 15 is 0 Å². The van der Waals surface area contributed by atoms with Crippen LogP contribution in [0.3, 0.4) is 0 Å². The van der Waals surface area contributed by atoms with E-state index in [1.807, 2.05) is 31.3 Å². The normalized spacial score (nSPS) is 18.8. The predicted octanol–water partition coefficient (Wildman–Crippen LogP) is 1.26. The van der Waals surface area contributed by atoms with Crippen molar-refractivity contribution in [2.45, 2.75) is 19.1 Å². The molecule has 0 fully saturated rings. The Hall–Kier alpha value is -1.88. The van der Waals surface area contributed by atoms with Crippen LogP contribution in [-0.4, -0.2) is 26.4 Å². The van der Waals surface area contributed by atoms with Crippen LogP contribution in [0.1, 0.15) is 23.9 Å². The summed E-state index contributed by atoms with van der Waals surface area (Å²) in [6.45, 7) is 1.56. The zero-order valence-electron chi connectivity index (χ0n) is 10.3. The molecule has 5 nitrogen and oxygen atoms in total. The molecule has 1 aromatic heterocycles. The molecular weight excluding hydrogens is 228 g/mol. The maximum atomic E-state index is 10.00. The Labute approximate surface area is 106 Å². The molecule has 3 rings (SSSR count). The summed E-state index contributed by atoms with van der Waals surface area (Å²) in [5, 5.41) is 14.1. The Balaban J connectivity index is 1.91. The smallest absolute Gasteiger partial charge is 0.146 e. The first kappa shape index (κ1) is 11.2. The zero-order valence-corrected chi connectivity index (χ0v) is 10.3. The lowest BCUT2D eigenvalue weighted by Crippen LogP contribution is -2.31. The molecular formula is C13H16N4O. The van der Waals surface area contributed by atoms with Crippen LogP contribution in [0.2, 0.25) is 0 Å². The van der Waals surface area contributed by atoms with Crippen molar-refractivity contribution in [3.8, 4) is 0 Å². The Morgan fingerprint density at radius 2 is 2.22 bits per heavy atom. The van der Waals surface area contributed by atoms with E-state index in [0.29, 0.717) is 0 Å². The van der Waals surface area contributed by atoms with Crippen LogP contribution in [0, 0.1) is 0 Å². The number of nitrogens with zero attached hydrogens (tertiary/aromatic N) is 4. The van der Waals surface area contributed by atoms with Gasteiger partial charge in [-0.25, -0.2) is 4.98 Å². The molecule has 0 aliphatic carbocycles. The van der Waals surface area contributed by atoms with E-state index in [0.717, 1.165) is 36.6 Å². The minimum Gasteiger partial charge on any atom is -0.388 e. The Morgan fingerprint density at radius 1 is 1.39 bits per heavy atom. The Bertz CT molecular complexity index is 551. The molecule has 1 N–H and O–H groups in total. The molecule has 2 heterocycles. The number of rotatable bonds is 2. The first-order valence-corrected chi connectivity index (χ1v) is 6.10. The van der Waals surface area contributed by atoms with Crippen molar-refractivity contribution in [3.05, 3.63) is 42.0 Å². The average Bonchev–Trinajstić information content (AvgIpc) is 2.79. The van der Waals surface area contributed by atoms with Gasteiger partial charge in [0.1, 0.15) is 12.2 Å². The number of aryl methyl sites for hydroxylation is 1. The van der Waals surface area contributed by atoms with Crippen LogP contribution in [0.5, 0.6) is 0 Å². The number of aromatic nitrogens is 3. The van der Waals surface area contributed by atoms with Gasteiger partial charge in [-0.2, -0.15) is 5.10 Å². The SMILES string of the molecule is Cn1ncnc1CN1CCC(O)c2ccccc21. The molecule has 0 saturated carbocycles. The van der Waals surface area contributed by atoms with Crippen molar-refractivity contribution in [1.29, 1.82) is 0 Å². The van der Waals surface area contributed by atoms with Gasteiger partial charge in [0.15, 0.2) is 0 Å². The van der Waals surface area contributed by atoms with Crippen LogP contribution in [0.15, 0.2) is 30.6 Å². The molecule has 0 bridgehead atoms. The monoisotopic (exact) mass is 244 g/mol. The lowest BCUT2D eigenvalue weighted by atomic mass is 9.99. The number of aliphatic hydroxyl groups excluding tert-OH is 1. The molecule has 94 valence electrons. The van der Waals surface area contributed by atoms with Gasteiger partial charge >= 0.3 is 0 Å². The van der Waals surface area contributed by atoms with Gasteiger partial charge in [0.25, 0.3) is 0 Å².